The number of nitrogens with zero attached hydrogens (tertiary/aromatic N) is 3. The molecule has 6 heteroatoms. The Morgan fingerprint density at radius 3 is 1.81 bits per heavy atom. The van der Waals surface area contributed by atoms with Crippen LogP contribution >= 0.6 is 0 Å². The SMILES string of the molecule is Cn1c2cccccc-2c(C(=C2C(=O)[N+](C)=C3C=CC=CC=C23)c2c3cccccc-3n(C)c2=O)c1=O. The van der Waals surface area contributed by atoms with Gasteiger partial charge in [-0.3, -0.25) is 9.59 Å². The molecule has 3 aliphatic heterocycles. The van der Waals surface area contributed by atoms with Crippen LogP contribution in [0.4, 0.5) is 0 Å². The summed E-state index contributed by atoms with van der Waals surface area (Å²) in [6.07, 6.45) is 9.38. The van der Waals surface area contributed by atoms with Crippen molar-refractivity contribution >= 4 is 17.2 Å². The molecule has 0 saturated heterocycles. The number of carbonyl (C=O) groups is 1. The Labute approximate surface area is 213 Å². The van der Waals surface area contributed by atoms with Gasteiger partial charge in [0.05, 0.1) is 28.1 Å². The molecule has 0 aromatic rings. The molecule has 0 bridgehead atoms. The topological polar surface area (TPSA) is 64.1 Å². The van der Waals surface area contributed by atoms with Crippen LogP contribution in [0.5, 0.6) is 0 Å². The van der Waals surface area contributed by atoms with E-state index in [1.165, 1.54) is 0 Å². The first-order valence-corrected chi connectivity index (χ1v) is 12.0. The molecule has 180 valence electrons. The third kappa shape index (κ3) is 3.19. The van der Waals surface area contributed by atoms with E-state index in [9.17, 15) is 14.4 Å². The van der Waals surface area contributed by atoms with Crippen LogP contribution < -0.4 is 11.1 Å². The molecule has 6 aliphatic rings. The Hall–Kier alpha value is -4.84. The summed E-state index contributed by atoms with van der Waals surface area (Å²) in [6, 6.07) is 18.8. The van der Waals surface area contributed by atoms with Gasteiger partial charge in [-0.1, -0.05) is 66.8 Å². The highest BCUT2D eigenvalue weighted by Gasteiger charge is 2.43. The largest absolute Gasteiger partial charge is 0.421 e. The molecular weight excluding hydrogens is 462 g/mol. The summed E-state index contributed by atoms with van der Waals surface area (Å²) in [5.74, 6) is -0.260. The molecule has 0 radical (unpaired) electrons. The summed E-state index contributed by atoms with van der Waals surface area (Å²) < 4.78 is 4.74. The van der Waals surface area contributed by atoms with Crippen LogP contribution in [0.15, 0.2) is 112 Å². The number of likely N-dealkylation sites (N-methyl/N-ethyl adjacent to an activating group) is 1. The van der Waals surface area contributed by atoms with Crippen molar-refractivity contribution in [3.63, 3.8) is 0 Å². The number of hydrogen-bond acceptors (Lipinski definition) is 3. The van der Waals surface area contributed by atoms with Gasteiger partial charge in [-0.25, -0.2) is 4.79 Å². The number of aromatic nitrogens is 2. The number of carbonyl (C=O) groups excluding carboxylic acids is 1. The van der Waals surface area contributed by atoms with Gasteiger partial charge in [0.25, 0.3) is 11.1 Å². The summed E-state index contributed by atoms with van der Waals surface area (Å²) in [7, 11) is 5.15. The Balaban J connectivity index is 1.85. The molecule has 6 nitrogen and oxygen atoms in total. The maximum absolute atomic E-state index is 13.9. The van der Waals surface area contributed by atoms with Gasteiger partial charge in [0.15, 0.2) is 0 Å². The first-order chi connectivity index (χ1) is 17.9. The molecule has 0 fully saturated rings. The fraction of sp³-hybridized carbons (Fsp3) is 0.0968. The maximum Gasteiger partial charge on any atom is 0.421 e. The van der Waals surface area contributed by atoms with Gasteiger partial charge >= 0.3 is 5.91 Å². The van der Waals surface area contributed by atoms with Crippen LogP contribution in [0.3, 0.4) is 0 Å². The molecule has 0 aromatic heterocycles. The third-order valence-electron chi connectivity index (χ3n) is 7.24. The Morgan fingerprint density at radius 1 is 0.703 bits per heavy atom. The highest BCUT2D eigenvalue weighted by atomic mass is 16.2. The van der Waals surface area contributed by atoms with Crippen LogP contribution in [-0.2, 0) is 18.9 Å². The predicted molar refractivity (Wildman–Crippen MR) is 145 cm³/mol. The zero-order valence-electron chi connectivity index (χ0n) is 20.7. The standard InChI is InChI=1S/C31H24N3O3/c1-32-22-16-10-4-7-13-19(22)25(29(32)35)28(26-20-14-8-5-11-17-23(20)33(2)30(26)36)27-21-15-9-6-12-18-24(21)34(3)31(27)37/h4-18H,1-3H3/q+1. The molecule has 37 heavy (non-hydrogen) atoms. The minimum absolute atomic E-state index is 0.260. The molecule has 0 unspecified atom stereocenters. The lowest BCUT2D eigenvalue weighted by molar-refractivity contribution is -0.408. The molecule has 0 saturated carbocycles. The van der Waals surface area contributed by atoms with Gasteiger partial charge in [-0.2, -0.15) is 4.58 Å². The van der Waals surface area contributed by atoms with E-state index in [0.717, 1.165) is 17.1 Å². The van der Waals surface area contributed by atoms with E-state index in [1.54, 1.807) is 34.9 Å². The average Bonchev–Trinajstić information content (AvgIpc) is 3.21. The fourth-order valence-electron chi connectivity index (χ4n) is 5.40. The van der Waals surface area contributed by atoms with Crippen LogP contribution in [0, 0.1) is 0 Å². The summed E-state index contributed by atoms with van der Waals surface area (Å²) in [5.41, 5.74) is 5.10. The third-order valence-corrected chi connectivity index (χ3v) is 7.24. The molecule has 1 amide bonds. The number of allylic oxidation sites excluding steroid dienone is 5. The van der Waals surface area contributed by atoms with E-state index in [0.29, 0.717) is 39.0 Å². The number of rotatable bonds is 2. The molecule has 6 rings (SSSR count). The molecule has 0 atom stereocenters. The summed E-state index contributed by atoms with van der Waals surface area (Å²) in [4.78, 5) is 41.8. The number of hydrogen-bond donors (Lipinski definition) is 0. The van der Waals surface area contributed by atoms with Crippen molar-refractivity contribution in [2.75, 3.05) is 7.05 Å². The average molecular weight is 487 g/mol. The van der Waals surface area contributed by atoms with Gasteiger partial charge in [0.2, 0.25) is 5.71 Å². The van der Waals surface area contributed by atoms with Crippen LogP contribution in [0.2, 0.25) is 0 Å². The Morgan fingerprint density at radius 2 is 1.24 bits per heavy atom. The summed E-state index contributed by atoms with van der Waals surface area (Å²) in [6.45, 7) is 0. The summed E-state index contributed by atoms with van der Waals surface area (Å²) in [5, 5.41) is 0. The minimum atomic E-state index is -0.260. The van der Waals surface area contributed by atoms with Gasteiger partial charge in [0.1, 0.15) is 12.6 Å². The molecule has 0 spiro atoms. The first-order valence-electron chi connectivity index (χ1n) is 12.0. The van der Waals surface area contributed by atoms with E-state index in [2.05, 4.69) is 0 Å². The van der Waals surface area contributed by atoms with Crippen LogP contribution in [-0.4, -0.2) is 32.4 Å². The molecule has 3 aliphatic carbocycles. The molecule has 0 N–H and O–H groups in total. The van der Waals surface area contributed by atoms with Crippen molar-refractivity contribution in [1.82, 2.24) is 9.13 Å². The quantitative estimate of drug-likeness (QED) is 0.320. The fourth-order valence-corrected chi connectivity index (χ4v) is 5.40. The summed E-state index contributed by atoms with van der Waals surface area (Å²) >= 11 is 0. The minimum Gasteiger partial charge on any atom is -0.311 e. The van der Waals surface area contributed by atoms with Crippen LogP contribution in [0.1, 0.15) is 11.1 Å². The second-order valence-corrected chi connectivity index (χ2v) is 9.22. The number of fused-ring (bicyclic) bond motifs is 3. The van der Waals surface area contributed by atoms with Gasteiger partial charge in [-0.15, -0.1) is 0 Å². The smallest absolute Gasteiger partial charge is 0.311 e. The van der Waals surface area contributed by atoms with Gasteiger partial charge in [-0.05, 0) is 18.2 Å². The van der Waals surface area contributed by atoms with Gasteiger partial charge < -0.3 is 9.13 Å². The zero-order valence-corrected chi connectivity index (χ0v) is 20.7. The van der Waals surface area contributed by atoms with Crippen molar-refractivity contribution < 1.29 is 9.37 Å². The lowest BCUT2D eigenvalue weighted by Gasteiger charge is -2.10. The van der Waals surface area contributed by atoms with Crippen molar-refractivity contribution in [2.24, 2.45) is 14.1 Å². The molecular formula is C31H24N3O3+. The van der Waals surface area contributed by atoms with E-state index < -0.39 is 0 Å². The number of amides is 1. The van der Waals surface area contributed by atoms with Crippen LogP contribution in [0.25, 0.3) is 28.1 Å². The highest BCUT2D eigenvalue weighted by molar-refractivity contribution is 6.26. The zero-order chi connectivity index (χ0) is 25.8. The van der Waals surface area contributed by atoms with Crippen molar-refractivity contribution in [1.29, 1.82) is 0 Å². The van der Waals surface area contributed by atoms with Crippen molar-refractivity contribution in [2.45, 2.75) is 0 Å². The normalized spacial score (nSPS) is 14.9. The second-order valence-electron chi connectivity index (χ2n) is 9.22. The van der Waals surface area contributed by atoms with E-state index in [-0.39, 0.29) is 17.0 Å². The van der Waals surface area contributed by atoms with E-state index in [4.69, 9.17) is 0 Å². The van der Waals surface area contributed by atoms with E-state index >= 15 is 0 Å². The lowest BCUT2D eigenvalue weighted by atomic mass is 9.86. The Kier molecular flexibility index (Phi) is 5.12. The predicted octanol–water partition coefficient (Wildman–Crippen LogP) is 3.77. The van der Waals surface area contributed by atoms with Crippen molar-refractivity contribution in [3.05, 3.63) is 134 Å². The first kappa shape index (κ1) is 22.6. The molecule has 0 aromatic carbocycles. The second kappa shape index (κ2) is 8.38. The Bertz CT molecular complexity index is 1760. The van der Waals surface area contributed by atoms with Gasteiger partial charge in [0, 0.05) is 36.9 Å². The maximum atomic E-state index is 13.9. The lowest BCUT2D eigenvalue weighted by Crippen LogP contribution is -2.21. The van der Waals surface area contributed by atoms with E-state index in [1.807, 2.05) is 91.0 Å². The monoisotopic (exact) mass is 486 g/mol. The highest BCUT2D eigenvalue weighted by Crippen LogP contribution is 2.41. The molecule has 3 heterocycles. The van der Waals surface area contributed by atoms with Crippen molar-refractivity contribution in [3.8, 4) is 22.5 Å².